The van der Waals surface area contributed by atoms with E-state index in [0.717, 1.165) is 9.54 Å². The summed E-state index contributed by atoms with van der Waals surface area (Å²) in [5.74, 6) is -0.234. The Bertz CT molecular complexity index is 1340. The van der Waals surface area contributed by atoms with Crippen LogP contribution < -0.4 is 4.74 Å². The molecule has 0 atom stereocenters. The minimum absolute atomic E-state index is 0.0164. The van der Waals surface area contributed by atoms with Gasteiger partial charge in [-0.25, -0.2) is 21.6 Å². The summed E-state index contributed by atoms with van der Waals surface area (Å²) in [5, 5.41) is 0. The normalized spacial score (nSPS) is 13.3. The SMILES string of the molecule is CN(Cc1cc(-c2ccccc2F)n(S(=O)(=O)c2cccc3c2OCC3)c1)C(=O)OC(C)(C)C. The van der Waals surface area contributed by atoms with E-state index in [1.807, 2.05) is 6.07 Å². The summed E-state index contributed by atoms with van der Waals surface area (Å²) in [6.45, 7) is 5.76. The lowest BCUT2D eigenvalue weighted by Crippen LogP contribution is -2.33. The number of hydrogen-bond donors (Lipinski definition) is 0. The van der Waals surface area contributed by atoms with Gasteiger partial charge in [-0.2, -0.15) is 0 Å². The van der Waals surface area contributed by atoms with Gasteiger partial charge in [0.2, 0.25) is 0 Å². The van der Waals surface area contributed by atoms with Crippen LogP contribution in [0.3, 0.4) is 0 Å². The van der Waals surface area contributed by atoms with E-state index in [1.54, 1.807) is 46.0 Å². The number of para-hydroxylation sites is 1. The van der Waals surface area contributed by atoms with Gasteiger partial charge >= 0.3 is 6.09 Å². The number of ether oxygens (including phenoxy) is 2. The van der Waals surface area contributed by atoms with E-state index < -0.39 is 27.5 Å². The predicted molar refractivity (Wildman–Crippen MR) is 126 cm³/mol. The highest BCUT2D eigenvalue weighted by Crippen LogP contribution is 2.36. The van der Waals surface area contributed by atoms with E-state index in [0.29, 0.717) is 24.3 Å². The summed E-state index contributed by atoms with van der Waals surface area (Å²) in [6.07, 6.45) is 1.48. The standard InChI is InChI=1S/C25H27FN2O5S/c1-25(2,3)33-24(29)27(4)15-17-14-21(19-9-5-6-10-20(19)26)28(16-17)34(30,31)22-11-7-8-18-12-13-32-23(18)22/h5-11,14,16H,12-13,15H2,1-4H3. The maximum atomic E-state index is 14.7. The zero-order valence-electron chi connectivity index (χ0n) is 19.5. The van der Waals surface area contributed by atoms with Crippen LogP contribution in [0.1, 0.15) is 31.9 Å². The average molecular weight is 487 g/mol. The number of halogens is 1. The molecule has 1 aliphatic rings. The summed E-state index contributed by atoms with van der Waals surface area (Å²) in [7, 11) is -2.58. The number of aromatic nitrogens is 1. The van der Waals surface area contributed by atoms with Crippen molar-refractivity contribution < 1.29 is 27.1 Å². The topological polar surface area (TPSA) is 77.8 Å². The van der Waals surface area contributed by atoms with E-state index in [9.17, 15) is 17.6 Å². The number of carbonyl (C=O) groups is 1. The molecule has 0 fully saturated rings. The number of rotatable bonds is 5. The third kappa shape index (κ3) is 4.65. The Labute approximate surface area is 198 Å². The number of hydrogen-bond acceptors (Lipinski definition) is 5. The largest absolute Gasteiger partial charge is 0.492 e. The van der Waals surface area contributed by atoms with Crippen molar-refractivity contribution in [2.45, 2.75) is 44.2 Å². The van der Waals surface area contributed by atoms with Crippen molar-refractivity contribution in [3.63, 3.8) is 0 Å². The van der Waals surface area contributed by atoms with Crippen LogP contribution in [-0.2, 0) is 27.7 Å². The Hall–Kier alpha value is -3.33. The third-order valence-corrected chi connectivity index (χ3v) is 7.03. The summed E-state index contributed by atoms with van der Waals surface area (Å²) in [4.78, 5) is 13.8. The van der Waals surface area contributed by atoms with Gasteiger partial charge in [-0.05, 0) is 56.2 Å². The first-order valence-electron chi connectivity index (χ1n) is 10.9. The Balaban J connectivity index is 1.79. The first kappa shape index (κ1) is 23.8. The first-order chi connectivity index (χ1) is 16.0. The highest BCUT2D eigenvalue weighted by molar-refractivity contribution is 7.90. The predicted octanol–water partition coefficient (Wildman–Crippen LogP) is 4.83. The molecule has 0 N–H and O–H groups in total. The molecule has 0 aliphatic carbocycles. The molecule has 34 heavy (non-hydrogen) atoms. The summed E-state index contributed by atoms with van der Waals surface area (Å²) >= 11 is 0. The molecule has 0 bridgehead atoms. The Morgan fingerprint density at radius 3 is 2.62 bits per heavy atom. The molecule has 7 nitrogen and oxygen atoms in total. The Morgan fingerprint density at radius 1 is 1.18 bits per heavy atom. The molecule has 0 saturated carbocycles. The van der Waals surface area contributed by atoms with Gasteiger partial charge in [0, 0.05) is 25.2 Å². The molecule has 0 spiro atoms. The molecule has 2 heterocycles. The minimum atomic E-state index is -4.13. The fourth-order valence-electron chi connectivity index (χ4n) is 3.82. The van der Waals surface area contributed by atoms with Crippen LogP contribution in [0.4, 0.5) is 9.18 Å². The Morgan fingerprint density at radius 2 is 1.91 bits per heavy atom. The summed E-state index contributed by atoms with van der Waals surface area (Å²) < 4.78 is 54.3. The van der Waals surface area contributed by atoms with Gasteiger partial charge in [-0.1, -0.05) is 24.3 Å². The molecule has 180 valence electrons. The molecular formula is C25H27FN2O5S. The zero-order valence-corrected chi connectivity index (χ0v) is 20.4. The molecule has 1 aliphatic heterocycles. The van der Waals surface area contributed by atoms with Gasteiger partial charge in [0.05, 0.1) is 18.8 Å². The number of carbonyl (C=O) groups excluding carboxylic acids is 1. The van der Waals surface area contributed by atoms with Crippen LogP contribution in [0.5, 0.6) is 5.75 Å². The fourth-order valence-corrected chi connectivity index (χ4v) is 5.39. The van der Waals surface area contributed by atoms with Gasteiger partial charge in [0.1, 0.15) is 22.1 Å². The lowest BCUT2D eigenvalue weighted by atomic mass is 10.1. The van der Waals surface area contributed by atoms with Crippen molar-refractivity contribution in [1.29, 1.82) is 0 Å². The second kappa shape index (κ2) is 8.79. The maximum Gasteiger partial charge on any atom is 0.410 e. The van der Waals surface area contributed by atoms with Crippen molar-refractivity contribution in [2.75, 3.05) is 13.7 Å². The summed E-state index contributed by atoms with van der Waals surface area (Å²) in [5.41, 5.74) is 0.924. The van der Waals surface area contributed by atoms with E-state index in [2.05, 4.69) is 0 Å². The van der Waals surface area contributed by atoms with Crippen molar-refractivity contribution in [2.24, 2.45) is 0 Å². The molecule has 3 aromatic rings. The highest BCUT2D eigenvalue weighted by atomic mass is 32.2. The van der Waals surface area contributed by atoms with Crippen molar-refractivity contribution in [1.82, 2.24) is 8.87 Å². The van der Waals surface area contributed by atoms with Crippen LogP contribution in [0.2, 0.25) is 0 Å². The number of benzene rings is 2. The molecule has 4 rings (SSSR count). The molecule has 0 unspecified atom stereocenters. The second-order valence-corrected chi connectivity index (χ2v) is 11.0. The minimum Gasteiger partial charge on any atom is -0.492 e. The average Bonchev–Trinajstić information content (AvgIpc) is 3.40. The fraction of sp³-hybridized carbons (Fsp3) is 0.320. The number of nitrogens with zero attached hydrogens (tertiary/aromatic N) is 2. The van der Waals surface area contributed by atoms with Crippen LogP contribution in [0.15, 0.2) is 59.6 Å². The van der Waals surface area contributed by atoms with Crippen LogP contribution in [0.25, 0.3) is 11.3 Å². The maximum absolute atomic E-state index is 14.7. The molecule has 9 heteroatoms. The van der Waals surface area contributed by atoms with E-state index >= 15 is 0 Å². The van der Waals surface area contributed by atoms with Gasteiger partial charge < -0.3 is 14.4 Å². The van der Waals surface area contributed by atoms with Crippen LogP contribution in [0, 0.1) is 5.82 Å². The highest BCUT2D eigenvalue weighted by Gasteiger charge is 2.30. The van der Waals surface area contributed by atoms with E-state index in [-0.39, 0.29) is 22.7 Å². The van der Waals surface area contributed by atoms with Crippen molar-refractivity contribution in [3.05, 3.63) is 71.7 Å². The Kier molecular flexibility index (Phi) is 6.16. The lowest BCUT2D eigenvalue weighted by molar-refractivity contribution is 0.0285. The first-order valence-corrected chi connectivity index (χ1v) is 12.3. The lowest BCUT2D eigenvalue weighted by Gasteiger charge is -2.24. The summed E-state index contributed by atoms with van der Waals surface area (Å²) in [6, 6.07) is 12.5. The zero-order chi connectivity index (χ0) is 24.7. The van der Waals surface area contributed by atoms with Gasteiger partial charge in [-0.15, -0.1) is 0 Å². The van der Waals surface area contributed by atoms with E-state index in [4.69, 9.17) is 9.47 Å². The third-order valence-electron chi connectivity index (χ3n) is 5.33. The molecule has 2 aromatic carbocycles. The molecule has 0 saturated heterocycles. The molecule has 1 amide bonds. The molecule has 0 radical (unpaired) electrons. The smallest absolute Gasteiger partial charge is 0.410 e. The monoisotopic (exact) mass is 486 g/mol. The van der Waals surface area contributed by atoms with Crippen LogP contribution >= 0.6 is 0 Å². The molecular weight excluding hydrogens is 459 g/mol. The quantitative estimate of drug-likeness (QED) is 0.516. The van der Waals surface area contributed by atoms with Crippen molar-refractivity contribution in [3.8, 4) is 17.0 Å². The van der Waals surface area contributed by atoms with E-state index in [1.165, 1.54) is 35.4 Å². The van der Waals surface area contributed by atoms with Gasteiger partial charge in [0.15, 0.2) is 0 Å². The van der Waals surface area contributed by atoms with Gasteiger partial charge in [-0.3, -0.25) is 0 Å². The second-order valence-electron chi connectivity index (χ2n) is 9.19. The molecule has 1 aromatic heterocycles. The van der Waals surface area contributed by atoms with Crippen LogP contribution in [-0.4, -0.2) is 42.6 Å². The number of fused-ring (bicyclic) bond motifs is 1. The number of amides is 1. The van der Waals surface area contributed by atoms with Crippen molar-refractivity contribution >= 4 is 16.1 Å². The van der Waals surface area contributed by atoms with Gasteiger partial charge in [0.25, 0.3) is 10.0 Å².